The van der Waals surface area contributed by atoms with Gasteiger partial charge in [-0.1, -0.05) is 30.0 Å². The van der Waals surface area contributed by atoms with Crippen LogP contribution >= 0.6 is 23.1 Å². The Morgan fingerprint density at radius 3 is 2.84 bits per heavy atom. The van der Waals surface area contributed by atoms with Crippen molar-refractivity contribution in [2.75, 3.05) is 5.75 Å². The van der Waals surface area contributed by atoms with Gasteiger partial charge in [0.15, 0.2) is 4.34 Å². The largest absolute Gasteiger partial charge is 0.475 e. The Morgan fingerprint density at radius 1 is 1.28 bits per heavy atom. The van der Waals surface area contributed by atoms with E-state index in [4.69, 9.17) is 4.74 Å². The summed E-state index contributed by atoms with van der Waals surface area (Å²) in [7, 11) is 0. The lowest BCUT2D eigenvalue weighted by Gasteiger charge is -2.09. The first-order chi connectivity index (χ1) is 12.1. The molecule has 0 radical (unpaired) electrons. The van der Waals surface area contributed by atoms with Crippen molar-refractivity contribution in [1.29, 1.82) is 0 Å². The molecule has 2 heterocycles. The fraction of sp³-hybridized carbons (Fsp3) is 0.278. The number of thiazole rings is 1. The summed E-state index contributed by atoms with van der Waals surface area (Å²) in [5, 5.41) is 2.90. The van der Waals surface area contributed by atoms with Crippen LogP contribution in [0.5, 0.6) is 5.88 Å². The number of nitrogens with zero attached hydrogens (tertiary/aromatic N) is 2. The molecule has 0 saturated carbocycles. The van der Waals surface area contributed by atoms with Gasteiger partial charge in [-0.3, -0.25) is 4.79 Å². The maximum atomic E-state index is 12.0. The first kappa shape index (κ1) is 17.7. The van der Waals surface area contributed by atoms with Crippen LogP contribution in [0.2, 0.25) is 0 Å². The molecule has 2 aromatic heterocycles. The second kappa shape index (κ2) is 8.31. The molecule has 0 aliphatic rings. The van der Waals surface area contributed by atoms with Crippen LogP contribution in [-0.2, 0) is 11.3 Å². The number of carbonyl (C=O) groups excluding carboxylic acids is 1. The predicted octanol–water partition coefficient (Wildman–Crippen LogP) is 3.89. The summed E-state index contributed by atoms with van der Waals surface area (Å²) in [6.07, 6.45) is 1.82. The van der Waals surface area contributed by atoms with Crippen LogP contribution in [-0.4, -0.2) is 27.7 Å². The number of thioether (sulfide) groups is 1. The minimum absolute atomic E-state index is 0.0215. The van der Waals surface area contributed by atoms with Gasteiger partial charge in [-0.2, -0.15) is 0 Å². The van der Waals surface area contributed by atoms with E-state index in [9.17, 15) is 4.79 Å². The second-order valence-electron chi connectivity index (χ2n) is 5.68. The van der Waals surface area contributed by atoms with Gasteiger partial charge in [0.25, 0.3) is 0 Å². The van der Waals surface area contributed by atoms with Crippen LogP contribution in [0, 0.1) is 0 Å². The summed E-state index contributed by atoms with van der Waals surface area (Å²) in [6, 6.07) is 11.7. The fourth-order valence-corrected chi connectivity index (χ4v) is 4.02. The smallest absolute Gasteiger partial charge is 0.230 e. The molecule has 7 heteroatoms. The molecule has 0 saturated heterocycles. The molecule has 3 rings (SSSR count). The Bertz CT molecular complexity index is 814. The molecule has 5 nitrogen and oxygen atoms in total. The highest BCUT2D eigenvalue weighted by molar-refractivity contribution is 8.01. The number of benzene rings is 1. The van der Waals surface area contributed by atoms with Gasteiger partial charge in [0.1, 0.15) is 0 Å². The highest BCUT2D eigenvalue weighted by Crippen LogP contribution is 2.29. The lowest BCUT2D eigenvalue weighted by Crippen LogP contribution is -2.24. The number of carbonyl (C=O) groups is 1. The Hall–Kier alpha value is -2.12. The van der Waals surface area contributed by atoms with Gasteiger partial charge in [-0.25, -0.2) is 9.97 Å². The van der Waals surface area contributed by atoms with Gasteiger partial charge in [-0.05, 0) is 31.5 Å². The molecule has 0 fully saturated rings. The number of amides is 1. The van der Waals surface area contributed by atoms with Crippen LogP contribution in [0.1, 0.15) is 19.4 Å². The summed E-state index contributed by atoms with van der Waals surface area (Å²) in [5.74, 6) is 0.921. The van der Waals surface area contributed by atoms with Crippen molar-refractivity contribution in [3.63, 3.8) is 0 Å². The minimum Gasteiger partial charge on any atom is -0.475 e. The minimum atomic E-state index is -0.0215. The Labute approximate surface area is 154 Å². The first-order valence-electron chi connectivity index (χ1n) is 7.97. The highest BCUT2D eigenvalue weighted by atomic mass is 32.2. The van der Waals surface area contributed by atoms with E-state index in [1.807, 2.05) is 50.2 Å². The molecule has 0 atom stereocenters. The predicted molar refractivity (Wildman–Crippen MR) is 102 cm³/mol. The number of aromatic nitrogens is 2. The second-order valence-corrected chi connectivity index (χ2v) is 7.94. The van der Waals surface area contributed by atoms with Crippen LogP contribution < -0.4 is 10.1 Å². The summed E-state index contributed by atoms with van der Waals surface area (Å²) >= 11 is 3.07. The number of rotatable bonds is 7. The van der Waals surface area contributed by atoms with Crippen molar-refractivity contribution in [2.24, 2.45) is 0 Å². The molecule has 1 N–H and O–H groups in total. The van der Waals surface area contributed by atoms with Gasteiger partial charge < -0.3 is 10.1 Å². The lowest BCUT2D eigenvalue weighted by atomic mass is 10.3. The molecule has 25 heavy (non-hydrogen) atoms. The number of pyridine rings is 1. The molecule has 0 spiro atoms. The topological polar surface area (TPSA) is 64.1 Å². The molecular weight excluding hydrogens is 354 g/mol. The zero-order chi connectivity index (χ0) is 17.6. The van der Waals surface area contributed by atoms with Crippen molar-refractivity contribution in [3.8, 4) is 5.88 Å². The van der Waals surface area contributed by atoms with Gasteiger partial charge in [0.05, 0.1) is 22.1 Å². The van der Waals surface area contributed by atoms with E-state index in [-0.39, 0.29) is 12.0 Å². The average molecular weight is 374 g/mol. The Balaban J connectivity index is 1.46. The van der Waals surface area contributed by atoms with Crippen LogP contribution in [0.4, 0.5) is 0 Å². The molecule has 0 aliphatic carbocycles. The molecule has 1 amide bonds. The number of para-hydroxylation sites is 1. The van der Waals surface area contributed by atoms with Gasteiger partial charge in [0, 0.05) is 18.8 Å². The molecule has 1 aromatic carbocycles. The summed E-state index contributed by atoms with van der Waals surface area (Å²) in [4.78, 5) is 20.8. The first-order valence-corrected chi connectivity index (χ1v) is 9.77. The summed E-state index contributed by atoms with van der Waals surface area (Å²) < 4.78 is 7.55. The van der Waals surface area contributed by atoms with E-state index >= 15 is 0 Å². The standard InChI is InChI=1S/C18H19N3O2S2/c1-12(2)23-17-8-7-13(10-20-17)9-19-16(22)11-24-18-21-14-5-3-4-6-15(14)25-18/h3-8,10,12H,9,11H2,1-2H3,(H,19,22). The number of ether oxygens (including phenoxy) is 1. The van der Waals surface area contributed by atoms with Gasteiger partial charge in [0.2, 0.25) is 11.8 Å². The normalized spacial score (nSPS) is 11.0. The molecular formula is C18H19N3O2S2. The maximum absolute atomic E-state index is 12.0. The van der Waals surface area contributed by atoms with Gasteiger partial charge >= 0.3 is 0 Å². The maximum Gasteiger partial charge on any atom is 0.230 e. The number of nitrogens with one attached hydrogen (secondary N) is 1. The Morgan fingerprint density at radius 2 is 2.12 bits per heavy atom. The van der Waals surface area contributed by atoms with E-state index in [1.165, 1.54) is 11.8 Å². The van der Waals surface area contributed by atoms with E-state index in [2.05, 4.69) is 15.3 Å². The highest BCUT2D eigenvalue weighted by Gasteiger charge is 2.08. The third-order valence-corrected chi connectivity index (χ3v) is 5.42. The van der Waals surface area contributed by atoms with Crippen molar-refractivity contribution < 1.29 is 9.53 Å². The SMILES string of the molecule is CC(C)Oc1ccc(CNC(=O)CSc2nc3ccccc3s2)cn1. The molecule has 0 aliphatic heterocycles. The third-order valence-electron chi connectivity index (χ3n) is 3.24. The number of hydrogen-bond donors (Lipinski definition) is 1. The number of fused-ring (bicyclic) bond motifs is 1. The number of hydrogen-bond acceptors (Lipinski definition) is 6. The lowest BCUT2D eigenvalue weighted by molar-refractivity contribution is -0.118. The van der Waals surface area contributed by atoms with Gasteiger partial charge in [-0.15, -0.1) is 11.3 Å². The third kappa shape index (κ3) is 5.17. The average Bonchev–Trinajstić information content (AvgIpc) is 3.02. The van der Waals surface area contributed by atoms with E-state index < -0.39 is 0 Å². The van der Waals surface area contributed by atoms with Crippen LogP contribution in [0.15, 0.2) is 46.9 Å². The quantitative estimate of drug-likeness (QED) is 0.637. The summed E-state index contributed by atoms with van der Waals surface area (Å²) in [6.45, 7) is 4.37. The monoisotopic (exact) mass is 373 g/mol. The van der Waals surface area contributed by atoms with Crippen LogP contribution in [0.25, 0.3) is 10.2 Å². The molecule has 130 valence electrons. The summed E-state index contributed by atoms with van der Waals surface area (Å²) in [5.41, 5.74) is 1.92. The van der Waals surface area contributed by atoms with E-state index in [0.717, 1.165) is 20.1 Å². The van der Waals surface area contributed by atoms with Crippen molar-refractivity contribution >= 4 is 39.2 Å². The van der Waals surface area contributed by atoms with Crippen molar-refractivity contribution in [2.45, 2.75) is 30.8 Å². The van der Waals surface area contributed by atoms with Crippen molar-refractivity contribution in [1.82, 2.24) is 15.3 Å². The van der Waals surface area contributed by atoms with Crippen molar-refractivity contribution in [3.05, 3.63) is 48.2 Å². The molecule has 3 aromatic rings. The van der Waals surface area contributed by atoms with E-state index in [0.29, 0.717) is 18.2 Å². The molecule has 0 unspecified atom stereocenters. The molecule has 0 bridgehead atoms. The van der Waals surface area contributed by atoms with Crippen LogP contribution in [0.3, 0.4) is 0 Å². The zero-order valence-electron chi connectivity index (χ0n) is 14.1. The Kier molecular flexibility index (Phi) is 5.88. The zero-order valence-corrected chi connectivity index (χ0v) is 15.7. The fourth-order valence-electron chi connectivity index (χ4n) is 2.12. The van der Waals surface area contributed by atoms with E-state index in [1.54, 1.807) is 17.5 Å².